The van der Waals surface area contributed by atoms with E-state index in [2.05, 4.69) is 0 Å². The Kier molecular flexibility index (Phi) is 16.3. The summed E-state index contributed by atoms with van der Waals surface area (Å²) in [6.45, 7) is 5.76. The zero-order valence-corrected chi connectivity index (χ0v) is 21.1. The Balaban J connectivity index is 2.38. The third kappa shape index (κ3) is 13.2. The summed E-state index contributed by atoms with van der Waals surface area (Å²) in [5.41, 5.74) is 0.339. The first-order valence-electron chi connectivity index (χ1n) is 12.9. The van der Waals surface area contributed by atoms with Crippen molar-refractivity contribution in [2.45, 2.75) is 90.9 Å². The van der Waals surface area contributed by atoms with Crippen LogP contribution in [-0.2, 0) is 19.1 Å². The van der Waals surface area contributed by atoms with Gasteiger partial charge in [0.15, 0.2) is 0 Å². The summed E-state index contributed by atoms with van der Waals surface area (Å²) in [6, 6.07) is 6.68. The number of hydrogen-bond donors (Lipinski definition) is 1. The van der Waals surface area contributed by atoms with E-state index < -0.39 is 0 Å². The molecule has 1 aromatic carbocycles. The number of phenolic OH excluding ortho intramolecular Hbond substituents is 1. The van der Waals surface area contributed by atoms with Crippen LogP contribution in [0.2, 0.25) is 0 Å². The zero-order chi connectivity index (χ0) is 25.0. The van der Waals surface area contributed by atoms with Gasteiger partial charge in [-0.1, -0.05) is 50.7 Å². The summed E-state index contributed by atoms with van der Waals surface area (Å²) >= 11 is 0. The number of amides is 1. The van der Waals surface area contributed by atoms with Crippen LogP contribution in [0.1, 0.15) is 101 Å². The summed E-state index contributed by atoms with van der Waals surface area (Å²) in [6.07, 6.45) is 10.3. The molecule has 1 aromatic rings. The average molecular weight is 478 g/mol. The number of esters is 2. The molecule has 0 bridgehead atoms. The van der Waals surface area contributed by atoms with Gasteiger partial charge in [0.1, 0.15) is 5.75 Å². The highest BCUT2D eigenvalue weighted by atomic mass is 16.5. The molecule has 0 aromatic heterocycles. The molecule has 7 nitrogen and oxygen atoms in total. The van der Waals surface area contributed by atoms with Crippen LogP contribution in [0.3, 0.4) is 0 Å². The van der Waals surface area contributed by atoms with Gasteiger partial charge in [-0.15, -0.1) is 0 Å². The fourth-order valence-corrected chi connectivity index (χ4v) is 3.81. The largest absolute Gasteiger partial charge is 0.507 e. The molecule has 192 valence electrons. The molecule has 1 N–H and O–H groups in total. The maximum atomic E-state index is 13.0. The lowest BCUT2D eigenvalue weighted by atomic mass is 10.1. The van der Waals surface area contributed by atoms with Gasteiger partial charge in [0.25, 0.3) is 5.91 Å². The van der Waals surface area contributed by atoms with Crippen molar-refractivity contribution in [3.8, 4) is 5.75 Å². The van der Waals surface area contributed by atoms with Crippen molar-refractivity contribution in [2.24, 2.45) is 0 Å². The molecule has 0 saturated carbocycles. The fourth-order valence-electron chi connectivity index (χ4n) is 3.81. The number of unbranched alkanes of at least 4 members (excludes halogenated alkanes) is 8. The normalized spacial score (nSPS) is 10.6. The number of hydrogen-bond acceptors (Lipinski definition) is 6. The molecular formula is C27H43NO6. The van der Waals surface area contributed by atoms with Crippen LogP contribution in [0.4, 0.5) is 0 Å². The summed E-state index contributed by atoms with van der Waals surface area (Å²) < 4.78 is 9.89. The number of para-hydroxylation sites is 1. The van der Waals surface area contributed by atoms with E-state index in [1.807, 2.05) is 18.7 Å². The fraction of sp³-hybridized carbons (Fsp3) is 0.667. The first kappa shape index (κ1) is 29.5. The predicted molar refractivity (Wildman–Crippen MR) is 133 cm³/mol. The summed E-state index contributed by atoms with van der Waals surface area (Å²) in [5, 5.41) is 10.1. The molecule has 0 aliphatic rings. The van der Waals surface area contributed by atoms with Gasteiger partial charge in [-0.2, -0.15) is 0 Å². The standard InChI is InChI=1S/C27H43NO6/c1-3-33-25(30)19-11-7-5-9-15-21-28(27(32)23-17-13-14-18-24(23)29)22-16-10-6-8-12-20-26(31)34-4-2/h13-14,17-18,29H,3-12,15-16,19-22H2,1-2H3. The molecule has 0 heterocycles. The van der Waals surface area contributed by atoms with Crippen molar-refractivity contribution in [2.75, 3.05) is 26.3 Å². The second kappa shape index (κ2) is 18.8. The Hall–Kier alpha value is -2.57. The van der Waals surface area contributed by atoms with Crippen molar-refractivity contribution in [3.05, 3.63) is 29.8 Å². The van der Waals surface area contributed by atoms with E-state index in [0.717, 1.165) is 64.2 Å². The van der Waals surface area contributed by atoms with Crippen LogP contribution >= 0.6 is 0 Å². The number of phenols is 1. The summed E-state index contributed by atoms with van der Waals surface area (Å²) in [4.78, 5) is 37.7. The van der Waals surface area contributed by atoms with Crippen LogP contribution < -0.4 is 0 Å². The van der Waals surface area contributed by atoms with Gasteiger partial charge in [-0.3, -0.25) is 14.4 Å². The highest BCUT2D eigenvalue weighted by Crippen LogP contribution is 2.19. The van der Waals surface area contributed by atoms with Crippen LogP contribution in [0.5, 0.6) is 5.75 Å². The Morgan fingerprint density at radius 3 is 1.62 bits per heavy atom. The first-order valence-corrected chi connectivity index (χ1v) is 12.9. The van der Waals surface area contributed by atoms with Gasteiger partial charge in [0, 0.05) is 25.9 Å². The maximum Gasteiger partial charge on any atom is 0.305 e. The molecular weight excluding hydrogens is 434 g/mol. The topological polar surface area (TPSA) is 93.1 Å². The van der Waals surface area contributed by atoms with E-state index in [1.54, 1.807) is 24.3 Å². The Labute approximate surface area is 204 Å². The highest BCUT2D eigenvalue weighted by Gasteiger charge is 2.18. The van der Waals surface area contributed by atoms with Gasteiger partial charge in [-0.25, -0.2) is 0 Å². The van der Waals surface area contributed by atoms with Crippen LogP contribution in [-0.4, -0.2) is 54.2 Å². The Morgan fingerprint density at radius 1 is 0.706 bits per heavy atom. The van der Waals surface area contributed by atoms with Gasteiger partial charge in [0.2, 0.25) is 0 Å². The average Bonchev–Trinajstić information content (AvgIpc) is 2.81. The minimum absolute atomic E-state index is 0.00966. The molecule has 1 amide bonds. The van der Waals surface area contributed by atoms with E-state index in [-0.39, 0.29) is 23.6 Å². The number of aromatic hydroxyl groups is 1. The molecule has 0 spiro atoms. The van der Waals surface area contributed by atoms with Gasteiger partial charge in [-0.05, 0) is 51.7 Å². The number of ether oxygens (including phenoxy) is 2. The van der Waals surface area contributed by atoms with E-state index >= 15 is 0 Å². The van der Waals surface area contributed by atoms with Crippen LogP contribution in [0.15, 0.2) is 24.3 Å². The van der Waals surface area contributed by atoms with Crippen molar-refractivity contribution in [1.29, 1.82) is 0 Å². The van der Waals surface area contributed by atoms with E-state index in [4.69, 9.17) is 9.47 Å². The first-order chi connectivity index (χ1) is 16.5. The van der Waals surface area contributed by atoms with E-state index in [0.29, 0.717) is 44.7 Å². The molecule has 34 heavy (non-hydrogen) atoms. The Bertz CT molecular complexity index is 689. The maximum absolute atomic E-state index is 13.0. The molecule has 0 unspecified atom stereocenters. The second-order valence-electron chi connectivity index (χ2n) is 8.45. The molecule has 0 aliphatic carbocycles. The molecule has 0 saturated heterocycles. The smallest absolute Gasteiger partial charge is 0.305 e. The molecule has 0 atom stereocenters. The molecule has 0 fully saturated rings. The minimum atomic E-state index is -0.136. The Morgan fingerprint density at radius 2 is 1.15 bits per heavy atom. The SMILES string of the molecule is CCOC(=O)CCCCCCCN(CCCCCCCC(=O)OCC)C(=O)c1ccccc1O. The number of benzene rings is 1. The molecule has 7 heteroatoms. The van der Waals surface area contributed by atoms with Crippen molar-refractivity contribution in [1.82, 2.24) is 4.90 Å². The summed E-state index contributed by atoms with van der Waals surface area (Å²) in [7, 11) is 0. The zero-order valence-electron chi connectivity index (χ0n) is 21.1. The molecule has 0 radical (unpaired) electrons. The molecule has 1 rings (SSSR count). The number of rotatable bonds is 19. The lowest BCUT2D eigenvalue weighted by molar-refractivity contribution is -0.144. The van der Waals surface area contributed by atoms with Crippen LogP contribution in [0.25, 0.3) is 0 Å². The second-order valence-corrected chi connectivity index (χ2v) is 8.45. The predicted octanol–water partition coefficient (Wildman–Crippen LogP) is 5.64. The molecule has 0 aliphatic heterocycles. The third-order valence-corrected chi connectivity index (χ3v) is 5.65. The number of carbonyl (C=O) groups is 3. The van der Waals surface area contributed by atoms with E-state index in [9.17, 15) is 19.5 Å². The van der Waals surface area contributed by atoms with Gasteiger partial charge >= 0.3 is 11.9 Å². The lowest BCUT2D eigenvalue weighted by Gasteiger charge is -2.23. The number of carbonyl (C=O) groups excluding carboxylic acids is 3. The van der Waals surface area contributed by atoms with E-state index in [1.165, 1.54) is 0 Å². The van der Waals surface area contributed by atoms with Crippen molar-refractivity contribution < 1.29 is 29.0 Å². The third-order valence-electron chi connectivity index (χ3n) is 5.65. The summed E-state index contributed by atoms with van der Waals surface area (Å²) in [5.74, 6) is -0.399. The van der Waals surface area contributed by atoms with Crippen molar-refractivity contribution >= 4 is 17.8 Å². The van der Waals surface area contributed by atoms with Crippen molar-refractivity contribution in [3.63, 3.8) is 0 Å². The lowest BCUT2D eigenvalue weighted by Crippen LogP contribution is -2.33. The monoisotopic (exact) mass is 477 g/mol. The highest BCUT2D eigenvalue weighted by molar-refractivity contribution is 5.96. The number of nitrogens with zero attached hydrogens (tertiary/aromatic N) is 1. The van der Waals surface area contributed by atoms with Crippen LogP contribution in [0, 0.1) is 0 Å². The van der Waals surface area contributed by atoms with Gasteiger partial charge < -0.3 is 19.5 Å². The quantitative estimate of drug-likeness (QED) is 0.205. The minimum Gasteiger partial charge on any atom is -0.507 e. The van der Waals surface area contributed by atoms with Gasteiger partial charge in [0.05, 0.1) is 18.8 Å².